The average Bonchev–Trinajstić information content (AvgIpc) is 3.70. The highest BCUT2D eigenvalue weighted by atomic mass is 32.1. The topological polar surface area (TPSA) is 208 Å². The monoisotopic (exact) mass is 1190 g/mol. The summed E-state index contributed by atoms with van der Waals surface area (Å²) in [6.45, 7) is 20.2. The summed E-state index contributed by atoms with van der Waals surface area (Å²) in [7, 11) is 0. The minimum absolute atomic E-state index is 0.00499. The summed E-state index contributed by atoms with van der Waals surface area (Å²) >= 11 is 1.58. The van der Waals surface area contributed by atoms with E-state index in [2.05, 4.69) is 102 Å². The van der Waals surface area contributed by atoms with Crippen molar-refractivity contribution in [3.8, 4) is 49.8 Å². The number of aryl methyl sites for hydroxylation is 4. The maximum absolute atomic E-state index is 14.0. The van der Waals surface area contributed by atoms with Gasteiger partial charge in [0.15, 0.2) is 0 Å². The molecule has 1 saturated heterocycles. The third kappa shape index (κ3) is 18.2. The summed E-state index contributed by atoms with van der Waals surface area (Å²) in [6, 6.07) is 28.9. The molecule has 8 rings (SSSR count). The van der Waals surface area contributed by atoms with Gasteiger partial charge in [-0.1, -0.05) is 101 Å². The normalized spacial score (nSPS) is 14.6. The predicted molar refractivity (Wildman–Crippen MR) is 340 cm³/mol. The fourth-order valence-electron chi connectivity index (χ4n) is 9.93. The number of thiazole rings is 1. The van der Waals surface area contributed by atoms with Crippen LogP contribution in [0.4, 0.5) is 5.82 Å². The Kier molecular flexibility index (Phi) is 23.6. The maximum atomic E-state index is 14.0. The van der Waals surface area contributed by atoms with Gasteiger partial charge in [0, 0.05) is 78.9 Å². The van der Waals surface area contributed by atoms with E-state index in [9.17, 15) is 19.5 Å². The molecule has 3 aromatic carbocycles. The number of likely N-dealkylation sites (tertiary alicyclic amines) is 1. The second-order valence-corrected chi connectivity index (χ2v) is 23.4. The largest absolute Gasteiger partial charge is 0.493 e. The number of ether oxygens (including phenoxy) is 5. The van der Waals surface area contributed by atoms with Gasteiger partial charge in [-0.3, -0.25) is 24.4 Å². The minimum Gasteiger partial charge on any atom is -0.493 e. The lowest BCUT2D eigenvalue weighted by Gasteiger charge is -2.35. The van der Waals surface area contributed by atoms with Gasteiger partial charge in [-0.2, -0.15) is 0 Å². The highest BCUT2D eigenvalue weighted by Gasteiger charge is 2.44. The van der Waals surface area contributed by atoms with E-state index in [1.54, 1.807) is 11.3 Å². The fourth-order valence-corrected chi connectivity index (χ4v) is 10.7. The van der Waals surface area contributed by atoms with Crippen LogP contribution in [0.5, 0.6) is 5.75 Å². The molecule has 0 unspecified atom stereocenters. The molecule has 3 amide bonds. The predicted octanol–water partition coefficient (Wildman–Crippen LogP) is 10.9. The Morgan fingerprint density at radius 3 is 2.07 bits per heavy atom. The number of pyridine rings is 3. The Hall–Kier alpha value is -7.71. The Bertz CT molecular complexity index is 3380. The second-order valence-electron chi connectivity index (χ2n) is 22.6. The number of hydrogen-bond donors (Lipinski definition) is 4. The van der Waals surface area contributed by atoms with Crippen LogP contribution in [0.1, 0.15) is 86.0 Å². The van der Waals surface area contributed by atoms with Crippen LogP contribution in [0.2, 0.25) is 0 Å². The van der Waals surface area contributed by atoms with Crippen LogP contribution in [0.3, 0.4) is 0 Å². The Labute approximate surface area is 510 Å². The van der Waals surface area contributed by atoms with Crippen molar-refractivity contribution in [1.82, 2.24) is 35.5 Å². The van der Waals surface area contributed by atoms with E-state index in [1.165, 1.54) is 16.0 Å². The van der Waals surface area contributed by atoms with E-state index in [1.807, 2.05) is 106 Å². The average molecular weight is 1190 g/mol. The zero-order chi connectivity index (χ0) is 61.0. The van der Waals surface area contributed by atoms with E-state index >= 15 is 0 Å². The van der Waals surface area contributed by atoms with Gasteiger partial charge in [0.1, 0.15) is 23.7 Å². The van der Waals surface area contributed by atoms with E-state index < -0.39 is 29.5 Å². The lowest BCUT2D eigenvalue weighted by Crippen LogP contribution is -2.57. The van der Waals surface area contributed by atoms with Crippen molar-refractivity contribution in [3.63, 3.8) is 0 Å². The van der Waals surface area contributed by atoms with Crippen LogP contribution in [0, 0.1) is 33.1 Å². The smallest absolute Gasteiger partial charge is 0.246 e. The van der Waals surface area contributed by atoms with Gasteiger partial charge in [0.05, 0.1) is 93.0 Å². The number of benzene rings is 3. The number of nitrogens with zero attached hydrogens (tertiary/aromatic N) is 5. The van der Waals surface area contributed by atoms with Crippen LogP contribution < -0.4 is 20.7 Å². The number of anilines is 1. The number of para-hydroxylation sites is 1. The van der Waals surface area contributed by atoms with Gasteiger partial charge in [-0.15, -0.1) is 11.3 Å². The molecule has 4 N–H and O–H groups in total. The lowest BCUT2D eigenvalue weighted by molar-refractivity contribution is -0.144. The molecule has 18 heteroatoms. The molecule has 3 atom stereocenters. The van der Waals surface area contributed by atoms with Gasteiger partial charge in [-0.25, -0.2) is 9.97 Å². The second kappa shape index (κ2) is 31.6. The van der Waals surface area contributed by atoms with Crippen molar-refractivity contribution in [1.29, 1.82) is 0 Å². The van der Waals surface area contributed by atoms with Crippen molar-refractivity contribution < 1.29 is 43.2 Å². The van der Waals surface area contributed by atoms with Gasteiger partial charge in [-0.05, 0) is 103 Å². The van der Waals surface area contributed by atoms with E-state index in [4.69, 9.17) is 33.7 Å². The van der Waals surface area contributed by atoms with E-state index in [-0.39, 0.29) is 51.0 Å². The molecule has 17 nitrogen and oxygen atoms in total. The molecule has 0 aliphatic carbocycles. The number of rotatable bonds is 30. The molecule has 86 heavy (non-hydrogen) atoms. The summed E-state index contributed by atoms with van der Waals surface area (Å²) < 4.78 is 28.8. The first-order valence-corrected chi connectivity index (χ1v) is 30.4. The van der Waals surface area contributed by atoms with E-state index in [0.29, 0.717) is 52.8 Å². The SMILES string of the molecule is CCCOc1ccccc1-c1cnc(-c2cnc(-c3ccc(NCCOCCOCCOCCOCCC(=O)N[C@H](C(=O)N4C[C@H](O)C[C@H]4C(=O)NCc4ccc(-c5scnc5C)cc4)C(C)(C)C)nc3)c(C)c2)c(/C=C/c2ccc(C)c(C)c2)c1. The van der Waals surface area contributed by atoms with Crippen LogP contribution in [0.25, 0.3) is 56.2 Å². The third-order valence-corrected chi connectivity index (χ3v) is 15.8. The standard InChI is InChI=1S/C68H82N8O9S/c1-9-26-85-59-13-11-10-12-57(59)54-37-52(21-16-49-15-14-45(2)46(3)35-49)63(72-41-54)55-36-47(4)62(71-42-55)53-22-23-60(70-40-53)69-25-28-82-30-32-84-34-33-83-31-29-81-27-24-61(78)75-65(68(6,7)8)67(80)76-43-56(77)38-58(76)66(79)73-39-50-17-19-51(20-18-50)64-48(5)74-44-86-64/h10-23,35-37,40-42,44,56,58,65,77H,9,24-34,38-39,43H2,1-8H3,(H,69,70)(H,73,79)(H,75,78)/b21-16+/t56-,58+,65-/m1/s1. The van der Waals surface area contributed by atoms with Gasteiger partial charge < -0.3 is 49.6 Å². The summed E-state index contributed by atoms with van der Waals surface area (Å²) in [5.41, 5.74) is 15.1. The van der Waals surface area contributed by atoms with Gasteiger partial charge >= 0.3 is 0 Å². The highest BCUT2D eigenvalue weighted by molar-refractivity contribution is 7.13. The third-order valence-electron chi connectivity index (χ3n) is 14.8. The number of aromatic nitrogens is 4. The summed E-state index contributed by atoms with van der Waals surface area (Å²) in [5.74, 6) is 0.427. The highest BCUT2D eigenvalue weighted by Crippen LogP contribution is 2.35. The molecule has 0 saturated carbocycles. The molecule has 454 valence electrons. The number of carbonyl (C=O) groups excluding carboxylic acids is 3. The van der Waals surface area contributed by atoms with Crippen molar-refractivity contribution in [2.75, 3.05) is 77.9 Å². The Balaban J connectivity index is 0.693. The first-order valence-electron chi connectivity index (χ1n) is 29.6. The number of hydrogen-bond acceptors (Lipinski definition) is 15. The summed E-state index contributed by atoms with van der Waals surface area (Å²) in [5, 5.41) is 19.7. The molecular weight excluding hydrogens is 1100 g/mol. The molecule has 5 heterocycles. The molecule has 0 bridgehead atoms. The Morgan fingerprint density at radius 2 is 1.40 bits per heavy atom. The molecule has 1 aliphatic rings. The summed E-state index contributed by atoms with van der Waals surface area (Å²) in [4.78, 5) is 62.0. The van der Waals surface area contributed by atoms with Crippen LogP contribution in [-0.2, 0) is 39.9 Å². The van der Waals surface area contributed by atoms with Crippen molar-refractivity contribution in [2.45, 2.75) is 99.4 Å². The van der Waals surface area contributed by atoms with Crippen LogP contribution >= 0.6 is 11.3 Å². The summed E-state index contributed by atoms with van der Waals surface area (Å²) in [6.07, 6.45) is 10.1. The quantitative estimate of drug-likeness (QED) is 0.0309. The molecule has 0 radical (unpaired) electrons. The molecule has 7 aromatic rings. The molecule has 1 aliphatic heterocycles. The Morgan fingerprint density at radius 1 is 0.709 bits per heavy atom. The van der Waals surface area contributed by atoms with Crippen molar-refractivity contribution >= 4 is 47.0 Å². The first kappa shape index (κ1) is 64.3. The van der Waals surface area contributed by atoms with Crippen LogP contribution in [0.15, 0.2) is 115 Å². The zero-order valence-electron chi connectivity index (χ0n) is 50.8. The van der Waals surface area contributed by atoms with Crippen molar-refractivity contribution in [2.24, 2.45) is 5.41 Å². The lowest BCUT2D eigenvalue weighted by atomic mass is 9.85. The number of amides is 3. The number of aliphatic hydroxyl groups excluding tert-OH is 1. The van der Waals surface area contributed by atoms with Gasteiger partial charge in [0.2, 0.25) is 17.7 Å². The molecule has 1 fully saturated rings. The number of nitrogens with one attached hydrogen (secondary N) is 3. The van der Waals surface area contributed by atoms with E-state index in [0.717, 1.165) is 90.0 Å². The number of β-amino-alcohol motifs (C(OH)–C–C–N with tert-alkyl or cyclic N) is 1. The maximum Gasteiger partial charge on any atom is 0.246 e. The number of aliphatic hydroxyl groups is 1. The fraction of sp³-hybridized carbons (Fsp3) is 0.397. The van der Waals surface area contributed by atoms with Crippen LogP contribution in [-0.4, -0.2) is 138 Å². The molecule has 0 spiro atoms. The first-order chi connectivity index (χ1) is 41.6. The van der Waals surface area contributed by atoms with Crippen molar-refractivity contribution in [3.05, 3.63) is 154 Å². The minimum atomic E-state index is -0.931. The number of carbonyl (C=O) groups is 3. The zero-order valence-corrected chi connectivity index (χ0v) is 51.6. The molecule has 4 aromatic heterocycles. The molecular formula is C68H82N8O9S. The van der Waals surface area contributed by atoms with Gasteiger partial charge in [0.25, 0.3) is 0 Å².